The average molecular weight is 575 g/mol. The Kier molecular flexibility index (Phi) is 7.79. The second-order valence-corrected chi connectivity index (χ2v) is 11.8. The number of primary sulfonamides is 1. The maximum absolute atomic E-state index is 14.1. The van der Waals surface area contributed by atoms with Crippen LogP contribution in [0, 0.1) is 25.5 Å². The summed E-state index contributed by atoms with van der Waals surface area (Å²) in [6, 6.07) is 16.8. The Morgan fingerprint density at radius 2 is 1.68 bits per heavy atom. The Bertz CT molecular complexity index is 1870. The number of fused-ring (bicyclic) bond motifs is 1. The zero-order valence-electron chi connectivity index (χ0n) is 22.5. The summed E-state index contributed by atoms with van der Waals surface area (Å²) in [5.74, 6) is -2.14. The Morgan fingerprint density at radius 1 is 0.951 bits per heavy atom. The molecule has 0 bridgehead atoms. The number of pyridine rings is 1. The zero-order chi connectivity index (χ0) is 29.3. The fourth-order valence-corrected chi connectivity index (χ4v) is 5.63. The predicted molar refractivity (Wildman–Crippen MR) is 153 cm³/mol. The molecule has 0 radical (unpaired) electrons. The zero-order valence-corrected chi connectivity index (χ0v) is 23.3. The summed E-state index contributed by atoms with van der Waals surface area (Å²) in [4.78, 5) is 22.5. The Labute approximate surface area is 236 Å². The summed E-state index contributed by atoms with van der Waals surface area (Å²) in [5, 5.41) is 5.35. The lowest BCUT2D eigenvalue weighted by Crippen LogP contribution is -2.17. The molecule has 7 nitrogen and oxygen atoms in total. The van der Waals surface area contributed by atoms with Crippen LogP contribution >= 0.6 is 0 Å². The maximum Gasteiger partial charge on any atom is 0.238 e. The first-order chi connectivity index (χ1) is 19.5. The number of hydrogen-bond acceptors (Lipinski definition) is 5. The lowest BCUT2D eigenvalue weighted by Gasteiger charge is -2.20. The number of benzene rings is 3. The van der Waals surface area contributed by atoms with E-state index in [1.165, 1.54) is 24.3 Å². The quantitative estimate of drug-likeness (QED) is 0.246. The van der Waals surface area contributed by atoms with Crippen LogP contribution in [0.4, 0.5) is 8.78 Å². The van der Waals surface area contributed by atoms with Crippen LogP contribution in [0.1, 0.15) is 34.7 Å². The fraction of sp³-hybridized carbons (Fsp3) is 0.194. The molecule has 0 amide bonds. The molecular formula is C31H28F2N4O3S. The highest BCUT2D eigenvalue weighted by Crippen LogP contribution is 2.33. The van der Waals surface area contributed by atoms with Crippen LogP contribution in [0.2, 0.25) is 0 Å². The number of aromatic nitrogens is 3. The van der Waals surface area contributed by atoms with E-state index < -0.39 is 27.6 Å². The SMILES string of the molecule is Cc1cc2ncn(CC(=O)C[C@@H](Cc3cc(F)cc(F)c3)c3ncccc3-c3cccc(S(N)(=O)=O)c3)c2cc1C. The summed E-state index contributed by atoms with van der Waals surface area (Å²) < 4.78 is 54.0. The first-order valence-corrected chi connectivity index (χ1v) is 14.5. The van der Waals surface area contributed by atoms with Gasteiger partial charge in [0.1, 0.15) is 11.6 Å². The molecule has 3 aromatic carbocycles. The van der Waals surface area contributed by atoms with Crippen LogP contribution in [0.25, 0.3) is 22.2 Å². The highest BCUT2D eigenvalue weighted by Gasteiger charge is 2.23. The molecule has 1 atom stereocenters. The van der Waals surface area contributed by atoms with Crippen LogP contribution in [0.15, 0.2) is 84.1 Å². The van der Waals surface area contributed by atoms with Gasteiger partial charge < -0.3 is 4.57 Å². The van der Waals surface area contributed by atoms with Gasteiger partial charge in [0.15, 0.2) is 5.78 Å². The van der Waals surface area contributed by atoms with Crippen molar-refractivity contribution in [2.45, 2.75) is 44.0 Å². The van der Waals surface area contributed by atoms with Gasteiger partial charge in [-0.2, -0.15) is 0 Å². The molecule has 0 saturated carbocycles. The Hall–Kier alpha value is -4.28. The van der Waals surface area contributed by atoms with Gasteiger partial charge >= 0.3 is 0 Å². The van der Waals surface area contributed by atoms with Crippen molar-refractivity contribution in [2.24, 2.45) is 5.14 Å². The lowest BCUT2D eigenvalue weighted by molar-refractivity contribution is -0.120. The van der Waals surface area contributed by atoms with Gasteiger partial charge in [0.25, 0.3) is 0 Å². The molecule has 0 aliphatic rings. The maximum atomic E-state index is 14.1. The topological polar surface area (TPSA) is 108 Å². The first-order valence-electron chi connectivity index (χ1n) is 12.9. The number of nitrogens with two attached hydrogens (primary N) is 1. The second-order valence-electron chi connectivity index (χ2n) is 10.2. The second kappa shape index (κ2) is 11.3. The number of rotatable bonds is 9. The molecular weight excluding hydrogens is 546 g/mol. The normalized spacial score (nSPS) is 12.5. The molecule has 0 aliphatic heterocycles. The van der Waals surface area contributed by atoms with Crippen LogP contribution in [0.3, 0.4) is 0 Å². The number of ketones is 1. The van der Waals surface area contributed by atoms with Gasteiger partial charge in [-0.1, -0.05) is 18.2 Å². The largest absolute Gasteiger partial charge is 0.323 e. The number of hydrogen-bond donors (Lipinski definition) is 1. The van der Waals surface area contributed by atoms with Crippen LogP contribution in [-0.4, -0.2) is 28.7 Å². The van der Waals surface area contributed by atoms with Gasteiger partial charge in [0.2, 0.25) is 10.0 Å². The van der Waals surface area contributed by atoms with E-state index in [-0.39, 0.29) is 30.1 Å². The van der Waals surface area contributed by atoms with Gasteiger partial charge in [-0.25, -0.2) is 27.3 Å². The fourth-order valence-electron chi connectivity index (χ4n) is 5.08. The van der Waals surface area contributed by atoms with Crippen molar-refractivity contribution in [1.29, 1.82) is 0 Å². The van der Waals surface area contributed by atoms with E-state index in [2.05, 4.69) is 9.97 Å². The molecule has 10 heteroatoms. The molecule has 0 unspecified atom stereocenters. The van der Waals surface area contributed by atoms with E-state index in [1.54, 1.807) is 41.4 Å². The van der Waals surface area contributed by atoms with Gasteiger partial charge in [0.05, 0.1) is 34.5 Å². The number of carbonyl (C=O) groups excluding carboxylic acids is 1. The highest BCUT2D eigenvalue weighted by atomic mass is 32.2. The summed E-state index contributed by atoms with van der Waals surface area (Å²) >= 11 is 0. The Balaban J connectivity index is 1.53. The number of imidazole rings is 1. The number of aryl methyl sites for hydroxylation is 2. The standard InChI is InChI=1S/C31H28F2N4O3S/c1-19-9-29-30(10-20(19)2)37(18-36-29)17-26(38)14-23(11-21-12-24(32)16-25(33)13-21)31-28(7-4-8-35-31)22-5-3-6-27(15-22)41(34,39)40/h3-10,12-13,15-16,18,23H,11,14,17H2,1-2H3,(H2,34,39,40)/t23-/m1/s1. The van der Waals surface area contributed by atoms with Crippen molar-refractivity contribution in [3.05, 3.63) is 113 Å². The molecule has 0 saturated heterocycles. The van der Waals surface area contributed by atoms with E-state index in [9.17, 15) is 22.0 Å². The van der Waals surface area contributed by atoms with Crippen molar-refractivity contribution < 1.29 is 22.0 Å². The molecule has 41 heavy (non-hydrogen) atoms. The van der Waals surface area contributed by atoms with E-state index in [1.807, 2.05) is 26.0 Å². The van der Waals surface area contributed by atoms with Crippen molar-refractivity contribution in [3.63, 3.8) is 0 Å². The van der Waals surface area contributed by atoms with Crippen LogP contribution < -0.4 is 5.14 Å². The highest BCUT2D eigenvalue weighted by molar-refractivity contribution is 7.89. The van der Waals surface area contributed by atoms with Crippen molar-refractivity contribution in [2.75, 3.05) is 0 Å². The predicted octanol–water partition coefficient (Wildman–Crippen LogP) is 5.63. The smallest absolute Gasteiger partial charge is 0.238 e. The van der Waals surface area contributed by atoms with Crippen molar-refractivity contribution >= 4 is 26.8 Å². The van der Waals surface area contributed by atoms with Gasteiger partial charge in [-0.3, -0.25) is 9.78 Å². The lowest BCUT2D eigenvalue weighted by atomic mass is 9.87. The molecule has 2 aromatic heterocycles. The summed E-state index contributed by atoms with van der Waals surface area (Å²) in [6.45, 7) is 4.05. The van der Waals surface area contributed by atoms with Crippen molar-refractivity contribution in [3.8, 4) is 11.1 Å². The number of nitrogens with zero attached hydrogens (tertiary/aromatic N) is 3. The molecule has 5 aromatic rings. The average Bonchev–Trinajstić information content (AvgIpc) is 3.28. The van der Waals surface area contributed by atoms with E-state index in [0.29, 0.717) is 22.4 Å². The van der Waals surface area contributed by atoms with Gasteiger partial charge in [-0.15, -0.1) is 0 Å². The van der Waals surface area contributed by atoms with Crippen LogP contribution in [-0.2, 0) is 27.8 Å². The molecule has 0 spiro atoms. The van der Waals surface area contributed by atoms with E-state index >= 15 is 0 Å². The Morgan fingerprint density at radius 3 is 2.41 bits per heavy atom. The minimum Gasteiger partial charge on any atom is -0.323 e. The monoisotopic (exact) mass is 574 g/mol. The van der Waals surface area contributed by atoms with Crippen LogP contribution in [0.5, 0.6) is 0 Å². The molecule has 5 rings (SSSR count). The van der Waals surface area contributed by atoms with E-state index in [4.69, 9.17) is 5.14 Å². The summed E-state index contributed by atoms with van der Waals surface area (Å²) in [6.07, 6.45) is 3.34. The van der Waals surface area contributed by atoms with Crippen molar-refractivity contribution in [1.82, 2.24) is 14.5 Å². The molecule has 0 fully saturated rings. The molecule has 0 aliphatic carbocycles. The number of Topliss-reactive ketones (excluding diaryl/α,β-unsaturated/α-hetero) is 1. The third-order valence-electron chi connectivity index (χ3n) is 7.16. The molecule has 2 heterocycles. The summed E-state index contributed by atoms with van der Waals surface area (Å²) in [5.41, 5.74) is 5.80. The minimum atomic E-state index is -3.96. The first kappa shape index (κ1) is 28.3. The minimum absolute atomic E-state index is 0.0154. The third kappa shape index (κ3) is 6.39. The van der Waals surface area contributed by atoms with Gasteiger partial charge in [-0.05, 0) is 85.0 Å². The van der Waals surface area contributed by atoms with Gasteiger partial charge in [0, 0.05) is 30.2 Å². The van der Waals surface area contributed by atoms with E-state index in [0.717, 1.165) is 28.2 Å². The molecule has 210 valence electrons. The number of halogens is 2. The third-order valence-corrected chi connectivity index (χ3v) is 8.07. The number of carbonyl (C=O) groups is 1. The number of sulfonamides is 1. The molecule has 2 N–H and O–H groups in total. The summed E-state index contributed by atoms with van der Waals surface area (Å²) in [7, 11) is -3.96.